The summed E-state index contributed by atoms with van der Waals surface area (Å²) in [7, 11) is 0. The fourth-order valence-corrected chi connectivity index (χ4v) is 4.95. The van der Waals surface area contributed by atoms with Crippen LogP contribution in [0.25, 0.3) is 11.8 Å². The Labute approximate surface area is 196 Å². The highest BCUT2D eigenvalue weighted by molar-refractivity contribution is 8.27. The van der Waals surface area contributed by atoms with Gasteiger partial charge in [-0.05, 0) is 75.4 Å². The third-order valence-electron chi connectivity index (χ3n) is 5.78. The zero-order valence-corrected chi connectivity index (χ0v) is 19.7. The first-order valence-electron chi connectivity index (χ1n) is 10.6. The summed E-state index contributed by atoms with van der Waals surface area (Å²) in [6.45, 7) is 8.14. The van der Waals surface area contributed by atoms with Crippen molar-refractivity contribution in [3.8, 4) is 5.69 Å². The maximum Gasteiger partial charge on any atom is 0.283 e. The Morgan fingerprint density at radius 3 is 2.45 bits per heavy atom. The first kappa shape index (κ1) is 21.2. The highest BCUT2D eigenvalue weighted by Crippen LogP contribution is 2.32. The van der Waals surface area contributed by atoms with Crippen molar-refractivity contribution < 1.29 is 4.79 Å². The predicted octanol–water partition coefficient (Wildman–Crippen LogP) is 5.38. The molecule has 2 aliphatic heterocycles. The molecule has 1 amide bonds. The largest absolute Gasteiger partial charge is 0.318 e. The summed E-state index contributed by atoms with van der Waals surface area (Å²) in [4.78, 5) is 17.1. The molecule has 2 aromatic carbocycles. The summed E-state index contributed by atoms with van der Waals surface area (Å²) in [5.74, 6) is -0.375. The third kappa shape index (κ3) is 3.74. The van der Waals surface area contributed by atoms with E-state index in [2.05, 4.69) is 45.9 Å². The number of aliphatic imine (C=N–C) groups is 1. The minimum absolute atomic E-state index is 0.0419. The van der Waals surface area contributed by atoms with Crippen molar-refractivity contribution in [2.24, 2.45) is 10.1 Å². The van der Waals surface area contributed by atoms with E-state index < -0.39 is 5.91 Å². The molecule has 6 nitrogen and oxygen atoms in total. The third-order valence-corrected chi connectivity index (χ3v) is 6.74. The molecule has 0 atom stereocenters. The Morgan fingerprint density at radius 2 is 1.73 bits per heavy atom. The van der Waals surface area contributed by atoms with Gasteiger partial charge in [0.2, 0.25) is 5.17 Å². The van der Waals surface area contributed by atoms with Gasteiger partial charge in [0.15, 0.2) is 5.84 Å². The van der Waals surface area contributed by atoms with Crippen LogP contribution in [0.3, 0.4) is 0 Å². The summed E-state index contributed by atoms with van der Waals surface area (Å²) in [6, 6.07) is 18.4. The quantitative estimate of drug-likeness (QED) is 0.541. The summed E-state index contributed by atoms with van der Waals surface area (Å²) in [6.07, 6.45) is 1.75. The first-order chi connectivity index (χ1) is 15.8. The van der Waals surface area contributed by atoms with Crippen molar-refractivity contribution in [3.63, 3.8) is 0 Å². The molecule has 1 N–H and O–H groups in total. The molecule has 0 unspecified atom stereocenters. The fourth-order valence-electron chi connectivity index (χ4n) is 4.07. The van der Waals surface area contributed by atoms with E-state index in [1.807, 2.05) is 51.1 Å². The molecule has 33 heavy (non-hydrogen) atoms. The van der Waals surface area contributed by atoms with Gasteiger partial charge in [0.1, 0.15) is 5.04 Å². The van der Waals surface area contributed by atoms with E-state index in [-0.39, 0.29) is 11.4 Å². The molecule has 0 saturated heterocycles. The summed E-state index contributed by atoms with van der Waals surface area (Å²) >= 11 is 1.31. The van der Waals surface area contributed by atoms with Crippen LogP contribution in [0.5, 0.6) is 0 Å². The van der Waals surface area contributed by atoms with Gasteiger partial charge in [0.05, 0.1) is 5.57 Å². The number of hydrogen-bond donors (Lipinski definition) is 1. The van der Waals surface area contributed by atoms with Crippen molar-refractivity contribution in [2.45, 2.75) is 27.7 Å². The Kier molecular flexibility index (Phi) is 5.13. The average Bonchev–Trinajstić information content (AvgIpc) is 3.33. The number of amides is 1. The Bertz CT molecular complexity index is 1410. The topological polar surface area (TPSA) is 73.8 Å². The fraction of sp³-hybridized carbons (Fsp3) is 0.154. The zero-order valence-electron chi connectivity index (χ0n) is 18.9. The van der Waals surface area contributed by atoms with Crippen LogP contribution in [0.1, 0.15) is 33.6 Å². The lowest BCUT2D eigenvalue weighted by atomic mass is 10.1. The van der Waals surface area contributed by atoms with Crippen LogP contribution in [0, 0.1) is 33.1 Å². The molecule has 164 valence electrons. The smallest absolute Gasteiger partial charge is 0.283 e. The normalized spacial score (nSPS) is 16.8. The number of amidine groups is 2. The van der Waals surface area contributed by atoms with Gasteiger partial charge in [-0.15, -0.1) is 0 Å². The number of nitrogens with zero attached hydrogens (tertiary/aromatic N) is 4. The number of aromatic nitrogens is 1. The highest BCUT2D eigenvalue weighted by Gasteiger charge is 2.36. The summed E-state index contributed by atoms with van der Waals surface area (Å²) in [5.41, 5.74) is 7.51. The lowest BCUT2D eigenvalue weighted by Gasteiger charge is -2.20. The van der Waals surface area contributed by atoms with Crippen LogP contribution in [0.15, 0.2) is 70.3 Å². The van der Waals surface area contributed by atoms with Crippen LogP contribution in [-0.4, -0.2) is 31.5 Å². The maximum absolute atomic E-state index is 12.9. The van der Waals surface area contributed by atoms with Crippen molar-refractivity contribution >= 4 is 39.8 Å². The van der Waals surface area contributed by atoms with Gasteiger partial charge in [0, 0.05) is 22.6 Å². The van der Waals surface area contributed by atoms with Crippen molar-refractivity contribution in [3.05, 3.63) is 93.8 Å². The molecule has 0 bridgehead atoms. The number of nitrogens with one attached hydrogen (secondary N) is 1. The molecule has 7 heteroatoms. The molecule has 0 radical (unpaired) electrons. The molecular weight excluding hydrogens is 430 g/mol. The number of benzene rings is 2. The summed E-state index contributed by atoms with van der Waals surface area (Å²) < 4.78 is 2.15. The average molecular weight is 454 g/mol. The van der Waals surface area contributed by atoms with Crippen molar-refractivity contribution in [2.75, 3.05) is 0 Å². The van der Waals surface area contributed by atoms with Crippen LogP contribution in [0.2, 0.25) is 0 Å². The van der Waals surface area contributed by atoms with Gasteiger partial charge >= 0.3 is 0 Å². The van der Waals surface area contributed by atoms with Crippen LogP contribution in [-0.2, 0) is 4.79 Å². The van der Waals surface area contributed by atoms with Crippen molar-refractivity contribution in [1.82, 2.24) is 9.58 Å². The molecule has 1 aromatic heterocycles. The van der Waals surface area contributed by atoms with E-state index in [0.717, 1.165) is 38.8 Å². The molecule has 3 heterocycles. The van der Waals surface area contributed by atoms with Crippen LogP contribution < -0.4 is 0 Å². The monoisotopic (exact) mass is 453 g/mol. The molecule has 5 rings (SSSR count). The lowest BCUT2D eigenvalue weighted by Crippen LogP contribution is -2.35. The predicted molar refractivity (Wildman–Crippen MR) is 135 cm³/mol. The van der Waals surface area contributed by atoms with E-state index in [0.29, 0.717) is 5.17 Å². The summed E-state index contributed by atoms with van der Waals surface area (Å²) in [5, 5.41) is 15.9. The van der Waals surface area contributed by atoms with Crippen LogP contribution >= 0.6 is 11.8 Å². The van der Waals surface area contributed by atoms with Gasteiger partial charge in [-0.25, -0.2) is 0 Å². The van der Waals surface area contributed by atoms with Gasteiger partial charge < -0.3 is 4.57 Å². The lowest BCUT2D eigenvalue weighted by molar-refractivity contribution is -0.114. The second-order valence-electron chi connectivity index (χ2n) is 8.29. The van der Waals surface area contributed by atoms with Gasteiger partial charge in [-0.2, -0.15) is 15.1 Å². The van der Waals surface area contributed by atoms with E-state index in [9.17, 15) is 4.79 Å². The first-order valence-corrected chi connectivity index (χ1v) is 11.5. The highest BCUT2D eigenvalue weighted by atomic mass is 32.2. The molecule has 0 saturated carbocycles. The Balaban J connectivity index is 1.51. The molecule has 0 spiro atoms. The Hall–Kier alpha value is -3.71. The SMILES string of the molecule is Cc1ccc(-n2c(C)cc(/C=C3\C(=N)N4N=C(c5cccc(C)c5)SC4=NC3=O)c2C)cc1. The Morgan fingerprint density at radius 1 is 0.970 bits per heavy atom. The molecule has 3 aromatic rings. The number of aryl methyl sites for hydroxylation is 3. The van der Waals surface area contributed by atoms with E-state index in [1.54, 1.807) is 6.08 Å². The van der Waals surface area contributed by atoms with Crippen molar-refractivity contribution in [1.29, 1.82) is 5.41 Å². The van der Waals surface area contributed by atoms with E-state index in [4.69, 9.17) is 5.41 Å². The number of carbonyl (C=O) groups excluding carboxylic acids is 1. The zero-order chi connectivity index (χ0) is 23.3. The number of hydrazone groups is 1. The van der Waals surface area contributed by atoms with Gasteiger partial charge in [-0.1, -0.05) is 41.5 Å². The number of thioether (sulfide) groups is 1. The molecule has 0 aliphatic carbocycles. The number of hydrogen-bond acceptors (Lipinski definition) is 4. The standard InChI is InChI=1S/C26H23N5OS/c1-15-8-10-21(11-9-15)30-17(3)13-20(18(30)4)14-22-23(27)31-26(28-24(22)32)33-25(29-31)19-7-5-6-16(2)12-19/h5-14,27H,1-4H3/b22-14+,27-23?. The minimum atomic E-state index is -0.417. The van der Waals surface area contributed by atoms with Gasteiger partial charge in [-0.3, -0.25) is 10.2 Å². The second kappa shape index (κ2) is 8.01. The number of carbonyl (C=O) groups is 1. The minimum Gasteiger partial charge on any atom is -0.318 e. The van der Waals surface area contributed by atoms with E-state index in [1.165, 1.54) is 22.3 Å². The van der Waals surface area contributed by atoms with E-state index >= 15 is 0 Å². The molecule has 0 fully saturated rings. The number of fused-ring (bicyclic) bond motifs is 1. The maximum atomic E-state index is 12.9. The second-order valence-corrected chi connectivity index (χ2v) is 9.25. The number of rotatable bonds is 3. The van der Waals surface area contributed by atoms with Crippen LogP contribution in [0.4, 0.5) is 0 Å². The molecular formula is C26H23N5OS. The van der Waals surface area contributed by atoms with Gasteiger partial charge in [0.25, 0.3) is 5.91 Å². The molecule has 2 aliphatic rings.